The number of halogens is 1. The molecule has 1 aliphatic rings. The van der Waals surface area contributed by atoms with Crippen LogP contribution in [0.3, 0.4) is 0 Å². The fraction of sp³-hybridized carbons (Fsp3) is 0.533. The van der Waals surface area contributed by atoms with Gasteiger partial charge in [-0.2, -0.15) is 0 Å². The van der Waals surface area contributed by atoms with Crippen molar-refractivity contribution in [1.29, 1.82) is 0 Å². The Kier molecular flexibility index (Phi) is 4.73. The van der Waals surface area contributed by atoms with Crippen molar-refractivity contribution in [3.63, 3.8) is 0 Å². The normalized spacial score (nSPS) is 26.2. The van der Waals surface area contributed by atoms with Gasteiger partial charge in [0.25, 0.3) is 5.91 Å². The maximum absolute atomic E-state index is 13.1. The summed E-state index contributed by atoms with van der Waals surface area (Å²) in [5.74, 6) is -0.422. The fourth-order valence-corrected chi connectivity index (χ4v) is 2.98. The molecule has 0 saturated carbocycles. The topological polar surface area (TPSA) is 55.1 Å². The molecule has 0 aromatic heterocycles. The second-order valence-electron chi connectivity index (χ2n) is 5.68. The first-order chi connectivity index (χ1) is 9.53. The van der Waals surface area contributed by atoms with Crippen LogP contribution in [0.5, 0.6) is 0 Å². The molecule has 2 atom stereocenters. The summed E-state index contributed by atoms with van der Waals surface area (Å²) in [6.45, 7) is 5.21. The summed E-state index contributed by atoms with van der Waals surface area (Å²) in [7, 11) is 0. The maximum atomic E-state index is 13.1. The van der Waals surface area contributed by atoms with E-state index in [1.54, 1.807) is 12.1 Å². The van der Waals surface area contributed by atoms with Crippen molar-refractivity contribution in [3.05, 3.63) is 30.1 Å². The molecule has 5 heteroatoms. The number of carbonyl (C=O) groups excluding carboxylic acids is 1. The standard InChI is InChI=1S/C15H22FN3O/c1-2-19(8-4-6-13(17)10-19)11-15(20)18-14-7-3-5-12(16)9-14/h3,5,7,9,13H,2,4,6,8,10-11,17H2,1H3/p+1. The molecule has 1 amide bonds. The van der Waals surface area contributed by atoms with Crippen molar-refractivity contribution in [2.45, 2.75) is 25.8 Å². The van der Waals surface area contributed by atoms with Crippen molar-refractivity contribution >= 4 is 11.6 Å². The Morgan fingerprint density at radius 3 is 3.00 bits per heavy atom. The van der Waals surface area contributed by atoms with Crippen LogP contribution in [0, 0.1) is 5.82 Å². The van der Waals surface area contributed by atoms with E-state index in [1.807, 2.05) is 0 Å². The molecule has 4 nitrogen and oxygen atoms in total. The average Bonchev–Trinajstić information content (AvgIpc) is 2.38. The molecule has 1 saturated heterocycles. The van der Waals surface area contributed by atoms with E-state index in [4.69, 9.17) is 5.73 Å². The molecule has 1 heterocycles. The van der Waals surface area contributed by atoms with Crippen LogP contribution in [0.1, 0.15) is 19.8 Å². The zero-order chi connectivity index (χ0) is 14.6. The Labute approximate surface area is 119 Å². The van der Waals surface area contributed by atoms with E-state index in [0.717, 1.165) is 37.0 Å². The lowest BCUT2D eigenvalue weighted by Gasteiger charge is -2.42. The number of quaternary nitrogens is 1. The number of amides is 1. The van der Waals surface area contributed by atoms with Crippen LogP contribution in [-0.2, 0) is 4.79 Å². The highest BCUT2D eigenvalue weighted by Gasteiger charge is 2.34. The lowest BCUT2D eigenvalue weighted by molar-refractivity contribution is -0.924. The monoisotopic (exact) mass is 280 g/mol. The van der Waals surface area contributed by atoms with E-state index < -0.39 is 0 Å². The smallest absolute Gasteiger partial charge is 0.279 e. The zero-order valence-corrected chi connectivity index (χ0v) is 11.9. The molecule has 2 unspecified atom stereocenters. The molecule has 1 aromatic rings. The highest BCUT2D eigenvalue weighted by atomic mass is 19.1. The molecule has 110 valence electrons. The van der Waals surface area contributed by atoms with E-state index in [-0.39, 0.29) is 17.8 Å². The second kappa shape index (κ2) is 6.33. The number of nitrogens with one attached hydrogen (secondary N) is 1. The highest BCUT2D eigenvalue weighted by Crippen LogP contribution is 2.18. The zero-order valence-electron chi connectivity index (χ0n) is 11.9. The number of likely N-dealkylation sites (tertiary alicyclic amines) is 1. The predicted molar refractivity (Wildman–Crippen MR) is 77.6 cm³/mol. The molecular weight excluding hydrogens is 257 g/mol. The van der Waals surface area contributed by atoms with E-state index in [0.29, 0.717) is 12.2 Å². The predicted octanol–water partition coefficient (Wildman–Crippen LogP) is 1.72. The molecule has 0 radical (unpaired) electrons. The van der Waals surface area contributed by atoms with Crippen LogP contribution in [-0.4, -0.2) is 42.6 Å². The Morgan fingerprint density at radius 2 is 2.35 bits per heavy atom. The van der Waals surface area contributed by atoms with Crippen LogP contribution in [0.25, 0.3) is 0 Å². The average molecular weight is 280 g/mol. The van der Waals surface area contributed by atoms with Gasteiger partial charge in [0.15, 0.2) is 6.54 Å². The van der Waals surface area contributed by atoms with Crippen molar-refractivity contribution < 1.29 is 13.7 Å². The number of nitrogens with zero attached hydrogens (tertiary/aromatic N) is 1. The molecule has 1 fully saturated rings. The first-order valence-electron chi connectivity index (χ1n) is 7.19. The number of hydrogen-bond acceptors (Lipinski definition) is 2. The molecule has 0 aliphatic carbocycles. The van der Waals surface area contributed by atoms with Gasteiger partial charge < -0.3 is 15.5 Å². The third kappa shape index (κ3) is 3.77. The number of rotatable bonds is 4. The molecule has 0 spiro atoms. The largest absolute Gasteiger partial charge is 0.323 e. The molecule has 3 N–H and O–H groups in total. The van der Waals surface area contributed by atoms with Crippen molar-refractivity contribution in [2.75, 3.05) is 31.5 Å². The van der Waals surface area contributed by atoms with Gasteiger partial charge in [-0.3, -0.25) is 4.79 Å². The van der Waals surface area contributed by atoms with E-state index in [1.165, 1.54) is 12.1 Å². The third-order valence-electron chi connectivity index (χ3n) is 4.09. The lowest BCUT2D eigenvalue weighted by atomic mass is 10.0. The summed E-state index contributed by atoms with van der Waals surface area (Å²) in [5, 5.41) is 2.77. The second-order valence-corrected chi connectivity index (χ2v) is 5.68. The molecule has 20 heavy (non-hydrogen) atoms. The van der Waals surface area contributed by atoms with Gasteiger partial charge in [-0.25, -0.2) is 4.39 Å². The summed E-state index contributed by atoms with van der Waals surface area (Å²) in [6.07, 6.45) is 2.09. The van der Waals surface area contributed by atoms with E-state index >= 15 is 0 Å². The number of hydrogen-bond donors (Lipinski definition) is 2. The van der Waals surface area contributed by atoms with Crippen LogP contribution in [0.2, 0.25) is 0 Å². The SMILES string of the molecule is CC[N+]1(CC(=O)Nc2cccc(F)c2)CCCC(N)C1. The number of piperidine rings is 1. The Balaban J connectivity index is 1.99. The third-order valence-corrected chi connectivity index (χ3v) is 4.09. The van der Waals surface area contributed by atoms with Crippen LogP contribution < -0.4 is 11.1 Å². The minimum absolute atomic E-state index is 0.0773. The quantitative estimate of drug-likeness (QED) is 0.825. The lowest BCUT2D eigenvalue weighted by Crippen LogP contribution is -2.60. The van der Waals surface area contributed by atoms with Gasteiger partial charge in [-0.1, -0.05) is 6.07 Å². The summed E-state index contributed by atoms with van der Waals surface area (Å²) in [6, 6.07) is 6.14. The van der Waals surface area contributed by atoms with Gasteiger partial charge in [0.1, 0.15) is 5.82 Å². The Bertz CT molecular complexity index is 480. The summed E-state index contributed by atoms with van der Waals surface area (Å²) in [4.78, 5) is 12.2. The number of likely N-dealkylation sites (N-methyl/N-ethyl adjacent to an activating group) is 1. The fourth-order valence-electron chi connectivity index (χ4n) is 2.98. The van der Waals surface area contributed by atoms with Gasteiger partial charge in [0.05, 0.1) is 25.7 Å². The molecule has 1 aromatic carbocycles. The number of benzene rings is 1. The number of anilines is 1. The molecule has 2 rings (SSSR count). The number of nitrogens with two attached hydrogens (primary N) is 1. The van der Waals surface area contributed by atoms with Crippen LogP contribution >= 0.6 is 0 Å². The van der Waals surface area contributed by atoms with Crippen LogP contribution in [0.4, 0.5) is 10.1 Å². The summed E-state index contributed by atoms with van der Waals surface area (Å²) < 4.78 is 13.8. The Hall–Kier alpha value is -1.46. The summed E-state index contributed by atoms with van der Waals surface area (Å²) >= 11 is 0. The minimum atomic E-state index is -0.345. The Morgan fingerprint density at radius 1 is 1.55 bits per heavy atom. The first kappa shape index (κ1) is 14.9. The molecular formula is C15H23FN3O+. The van der Waals surface area contributed by atoms with Gasteiger partial charge >= 0.3 is 0 Å². The number of carbonyl (C=O) groups is 1. The van der Waals surface area contributed by atoms with Gasteiger partial charge in [0, 0.05) is 5.69 Å². The van der Waals surface area contributed by atoms with Gasteiger partial charge in [-0.05, 0) is 38.0 Å². The minimum Gasteiger partial charge on any atom is -0.323 e. The molecule has 1 aliphatic heterocycles. The van der Waals surface area contributed by atoms with Gasteiger partial charge in [-0.15, -0.1) is 0 Å². The van der Waals surface area contributed by atoms with Crippen LogP contribution in [0.15, 0.2) is 24.3 Å². The van der Waals surface area contributed by atoms with Crippen molar-refractivity contribution in [1.82, 2.24) is 0 Å². The summed E-state index contributed by atoms with van der Waals surface area (Å²) in [5.41, 5.74) is 6.54. The first-order valence-corrected chi connectivity index (χ1v) is 7.19. The van der Waals surface area contributed by atoms with Crippen molar-refractivity contribution in [2.24, 2.45) is 5.73 Å². The molecule has 0 bridgehead atoms. The van der Waals surface area contributed by atoms with E-state index in [2.05, 4.69) is 12.2 Å². The van der Waals surface area contributed by atoms with Crippen molar-refractivity contribution in [3.8, 4) is 0 Å². The van der Waals surface area contributed by atoms with E-state index in [9.17, 15) is 9.18 Å². The maximum Gasteiger partial charge on any atom is 0.279 e. The highest BCUT2D eigenvalue weighted by molar-refractivity contribution is 5.91. The van der Waals surface area contributed by atoms with Gasteiger partial charge in [0.2, 0.25) is 0 Å².